The Labute approximate surface area is 107 Å². The smallest absolute Gasteiger partial charge is 0.0349 e. The molecule has 0 N–H and O–H groups in total. The summed E-state index contributed by atoms with van der Waals surface area (Å²) in [6.45, 7) is 2.51. The van der Waals surface area contributed by atoms with Crippen molar-refractivity contribution in [3.63, 3.8) is 0 Å². The van der Waals surface area contributed by atoms with Crippen LogP contribution in [0.25, 0.3) is 0 Å². The first-order valence-electron chi connectivity index (χ1n) is 8.33. The summed E-state index contributed by atoms with van der Waals surface area (Å²) in [5, 5.41) is 0. The molecule has 0 bridgehead atoms. The highest BCUT2D eigenvalue weighted by atomic mass is 14.6. The molecule has 0 aliphatic heterocycles. The maximum atomic E-state index is 2.51. The highest BCUT2D eigenvalue weighted by molar-refractivity contribution is 5.03. The van der Waals surface area contributed by atoms with Gasteiger partial charge in [0, 0.05) is 0 Å². The van der Waals surface area contributed by atoms with Gasteiger partial charge in [-0.1, -0.05) is 32.6 Å². The second-order valence-electron chi connectivity index (χ2n) is 7.85. The third-order valence-corrected chi connectivity index (χ3v) is 7.08. The molecule has 0 spiro atoms. The fourth-order valence-electron chi connectivity index (χ4n) is 6.43. The van der Waals surface area contributed by atoms with Gasteiger partial charge >= 0.3 is 0 Å². The lowest BCUT2D eigenvalue weighted by molar-refractivity contribution is 0.169. The summed E-state index contributed by atoms with van der Waals surface area (Å²) in [5.41, 5.74) is 0. The molecule has 96 valence electrons. The van der Waals surface area contributed by atoms with Crippen LogP contribution < -0.4 is 0 Å². The molecule has 4 aliphatic rings. The normalized spacial score (nSPS) is 57.4. The molecule has 4 fully saturated rings. The summed E-state index contributed by atoms with van der Waals surface area (Å²) in [7, 11) is 0. The van der Waals surface area contributed by atoms with Crippen LogP contribution >= 0.6 is 0 Å². The maximum Gasteiger partial charge on any atom is -0.0349 e. The Morgan fingerprint density at radius 3 is 2.18 bits per heavy atom. The van der Waals surface area contributed by atoms with E-state index in [1.807, 2.05) is 0 Å². The predicted octanol–water partition coefficient (Wildman–Crippen LogP) is 4.89. The third kappa shape index (κ3) is 1.62. The van der Waals surface area contributed by atoms with E-state index in [1.54, 1.807) is 51.4 Å². The molecule has 4 rings (SSSR count). The van der Waals surface area contributed by atoms with Gasteiger partial charge in [0.25, 0.3) is 0 Å². The number of rotatable bonds is 0. The van der Waals surface area contributed by atoms with Gasteiger partial charge in [0.05, 0.1) is 0 Å². The number of hydrogen-bond acceptors (Lipinski definition) is 0. The van der Waals surface area contributed by atoms with Gasteiger partial charge in [-0.05, 0) is 73.5 Å². The first-order chi connectivity index (χ1) is 8.33. The molecule has 0 aromatic rings. The Kier molecular flexibility index (Phi) is 2.56. The van der Waals surface area contributed by atoms with Crippen LogP contribution in [0.3, 0.4) is 0 Å². The lowest BCUT2D eigenvalue weighted by atomic mass is 9.72. The van der Waals surface area contributed by atoms with Crippen molar-refractivity contribution in [2.75, 3.05) is 0 Å². The minimum absolute atomic E-state index is 1.04. The van der Waals surface area contributed by atoms with Crippen LogP contribution in [0, 0.1) is 41.4 Å². The topological polar surface area (TPSA) is 0 Å². The average Bonchev–Trinajstić information content (AvgIpc) is 2.85. The Morgan fingerprint density at radius 1 is 0.588 bits per heavy atom. The van der Waals surface area contributed by atoms with Crippen LogP contribution in [0.15, 0.2) is 0 Å². The Hall–Kier alpha value is 0. The Balaban J connectivity index is 1.55. The quantitative estimate of drug-likeness (QED) is 0.558. The summed E-state index contributed by atoms with van der Waals surface area (Å²) >= 11 is 0. The first-order valence-corrected chi connectivity index (χ1v) is 8.33. The molecular formula is C17H28. The largest absolute Gasteiger partial charge is 0.0625 e. The van der Waals surface area contributed by atoms with Gasteiger partial charge in [-0.2, -0.15) is 0 Å². The van der Waals surface area contributed by atoms with Crippen LogP contribution in [0.1, 0.15) is 64.7 Å². The van der Waals surface area contributed by atoms with Crippen LogP contribution in [-0.4, -0.2) is 0 Å². The molecule has 17 heavy (non-hydrogen) atoms. The number of fused-ring (bicyclic) bond motifs is 5. The van der Waals surface area contributed by atoms with Crippen molar-refractivity contribution in [3.05, 3.63) is 0 Å². The molecule has 7 atom stereocenters. The standard InChI is InChI=1S/C17H28/c1-11-6-7-13-10-16-14-5-3-2-4-12(14)9-17(16)15(13)8-11/h11-17H,2-10H2,1H3. The van der Waals surface area contributed by atoms with Crippen LogP contribution in [0.5, 0.6) is 0 Å². The van der Waals surface area contributed by atoms with Crippen LogP contribution in [-0.2, 0) is 0 Å². The summed E-state index contributed by atoms with van der Waals surface area (Å²) in [4.78, 5) is 0. The minimum atomic E-state index is 1.04. The highest BCUT2D eigenvalue weighted by Gasteiger charge is 2.53. The van der Waals surface area contributed by atoms with Crippen molar-refractivity contribution < 1.29 is 0 Å². The van der Waals surface area contributed by atoms with Crippen molar-refractivity contribution in [1.82, 2.24) is 0 Å². The minimum Gasteiger partial charge on any atom is -0.0625 e. The lowest BCUT2D eigenvalue weighted by Crippen LogP contribution is -2.24. The van der Waals surface area contributed by atoms with E-state index in [9.17, 15) is 0 Å². The summed E-state index contributed by atoms with van der Waals surface area (Å²) in [6.07, 6.45) is 14.3. The Morgan fingerprint density at radius 2 is 1.29 bits per heavy atom. The molecular weight excluding hydrogens is 204 g/mol. The predicted molar refractivity (Wildman–Crippen MR) is 71.7 cm³/mol. The van der Waals surface area contributed by atoms with Crippen molar-refractivity contribution in [2.24, 2.45) is 41.4 Å². The zero-order valence-corrected chi connectivity index (χ0v) is 11.4. The van der Waals surface area contributed by atoms with E-state index < -0.39 is 0 Å². The molecule has 0 aromatic carbocycles. The zero-order valence-electron chi connectivity index (χ0n) is 11.4. The molecule has 0 heteroatoms. The van der Waals surface area contributed by atoms with Crippen molar-refractivity contribution in [3.8, 4) is 0 Å². The fraction of sp³-hybridized carbons (Fsp3) is 1.00. The Bertz CT molecular complexity index is 294. The van der Waals surface area contributed by atoms with Crippen molar-refractivity contribution >= 4 is 0 Å². The SMILES string of the molecule is CC1CCC2CC3C4CCCCC4CC3C2C1. The van der Waals surface area contributed by atoms with Gasteiger partial charge in [0.2, 0.25) is 0 Å². The summed E-state index contributed by atoms with van der Waals surface area (Å²) in [6, 6.07) is 0. The monoisotopic (exact) mass is 232 g/mol. The first kappa shape index (κ1) is 10.9. The molecule has 0 amide bonds. The molecule has 0 aromatic heterocycles. The number of hydrogen-bond donors (Lipinski definition) is 0. The van der Waals surface area contributed by atoms with Gasteiger partial charge < -0.3 is 0 Å². The molecule has 0 radical (unpaired) electrons. The van der Waals surface area contributed by atoms with E-state index in [2.05, 4.69) is 6.92 Å². The van der Waals surface area contributed by atoms with Gasteiger partial charge in [-0.3, -0.25) is 0 Å². The van der Waals surface area contributed by atoms with Crippen LogP contribution in [0.4, 0.5) is 0 Å². The van der Waals surface area contributed by atoms with Crippen LogP contribution in [0.2, 0.25) is 0 Å². The highest BCUT2D eigenvalue weighted by Crippen LogP contribution is 2.62. The third-order valence-electron chi connectivity index (χ3n) is 7.08. The van der Waals surface area contributed by atoms with E-state index in [0.29, 0.717) is 0 Å². The van der Waals surface area contributed by atoms with Gasteiger partial charge in [-0.25, -0.2) is 0 Å². The van der Waals surface area contributed by atoms with E-state index >= 15 is 0 Å². The zero-order chi connectivity index (χ0) is 11.4. The van der Waals surface area contributed by atoms with Gasteiger partial charge in [0.1, 0.15) is 0 Å². The van der Waals surface area contributed by atoms with Gasteiger partial charge in [-0.15, -0.1) is 0 Å². The maximum absolute atomic E-state index is 2.51. The molecule has 7 unspecified atom stereocenters. The van der Waals surface area contributed by atoms with Crippen molar-refractivity contribution in [1.29, 1.82) is 0 Å². The summed E-state index contributed by atoms with van der Waals surface area (Å²) in [5.74, 6) is 8.05. The average molecular weight is 232 g/mol. The molecule has 0 saturated heterocycles. The fourth-order valence-corrected chi connectivity index (χ4v) is 6.43. The van der Waals surface area contributed by atoms with E-state index in [0.717, 1.165) is 23.7 Å². The molecule has 0 nitrogen and oxygen atoms in total. The van der Waals surface area contributed by atoms with E-state index in [4.69, 9.17) is 0 Å². The van der Waals surface area contributed by atoms with E-state index in [1.165, 1.54) is 24.2 Å². The van der Waals surface area contributed by atoms with Gasteiger partial charge in [0.15, 0.2) is 0 Å². The second-order valence-corrected chi connectivity index (χ2v) is 7.85. The molecule has 0 heterocycles. The molecule has 4 saturated carbocycles. The molecule has 4 aliphatic carbocycles. The van der Waals surface area contributed by atoms with E-state index in [-0.39, 0.29) is 0 Å². The second kappa shape index (κ2) is 4.00. The summed E-state index contributed by atoms with van der Waals surface area (Å²) < 4.78 is 0. The van der Waals surface area contributed by atoms with Crippen molar-refractivity contribution in [2.45, 2.75) is 64.7 Å². The lowest BCUT2D eigenvalue weighted by Gasteiger charge is -2.34.